The van der Waals surface area contributed by atoms with Gasteiger partial charge in [0.15, 0.2) is 0 Å². The van der Waals surface area contributed by atoms with Gasteiger partial charge in [-0.15, -0.1) is 0 Å². The normalized spacial score (nSPS) is 15.9. The van der Waals surface area contributed by atoms with Gasteiger partial charge in [0, 0.05) is 17.3 Å². The van der Waals surface area contributed by atoms with E-state index in [0.717, 1.165) is 11.1 Å². The molecule has 1 unspecified atom stereocenters. The molecular formula is C20H15Cl2N3O. The standard InChI is InChI=1S/C20H15Cl2N3O/c1-12-9-10-17(23-11-12)25-19(13-5-2-3-6-14(13)20(25)26)24-16-8-4-7-15(21)18(16)22/h2-11,19,24H,1H3. The Hall–Kier alpha value is -2.56. The molecular weight excluding hydrogens is 369 g/mol. The first kappa shape index (κ1) is 16.9. The van der Waals surface area contributed by atoms with Crippen molar-refractivity contribution in [2.24, 2.45) is 0 Å². The Balaban J connectivity index is 1.81. The molecule has 0 saturated heterocycles. The minimum Gasteiger partial charge on any atom is -0.360 e. The number of aryl methyl sites for hydroxylation is 1. The first-order chi connectivity index (χ1) is 12.6. The third kappa shape index (κ3) is 2.81. The molecule has 0 aliphatic carbocycles. The van der Waals surface area contributed by atoms with Crippen LogP contribution in [0.25, 0.3) is 0 Å². The van der Waals surface area contributed by atoms with E-state index in [2.05, 4.69) is 10.3 Å². The van der Waals surface area contributed by atoms with Gasteiger partial charge in [-0.25, -0.2) is 4.98 Å². The van der Waals surface area contributed by atoms with Crippen LogP contribution in [0.15, 0.2) is 60.8 Å². The Labute approximate surface area is 161 Å². The number of benzene rings is 2. The number of nitrogens with one attached hydrogen (secondary N) is 1. The van der Waals surface area contributed by atoms with Crippen molar-refractivity contribution in [2.45, 2.75) is 13.1 Å². The van der Waals surface area contributed by atoms with Crippen LogP contribution in [-0.4, -0.2) is 10.9 Å². The van der Waals surface area contributed by atoms with Gasteiger partial charge < -0.3 is 5.32 Å². The lowest BCUT2D eigenvalue weighted by atomic mass is 10.1. The summed E-state index contributed by atoms with van der Waals surface area (Å²) >= 11 is 12.5. The average molecular weight is 384 g/mol. The zero-order chi connectivity index (χ0) is 18.3. The number of hydrogen-bond acceptors (Lipinski definition) is 3. The van der Waals surface area contributed by atoms with Crippen molar-refractivity contribution in [1.29, 1.82) is 0 Å². The molecule has 0 spiro atoms. The summed E-state index contributed by atoms with van der Waals surface area (Å²) < 4.78 is 0. The highest BCUT2D eigenvalue weighted by molar-refractivity contribution is 6.43. The van der Waals surface area contributed by atoms with Crippen molar-refractivity contribution in [2.75, 3.05) is 10.2 Å². The average Bonchev–Trinajstić information content (AvgIpc) is 2.92. The van der Waals surface area contributed by atoms with Gasteiger partial charge >= 0.3 is 0 Å². The van der Waals surface area contributed by atoms with Gasteiger partial charge in [-0.1, -0.05) is 53.5 Å². The summed E-state index contributed by atoms with van der Waals surface area (Å²) in [6.07, 6.45) is 1.32. The first-order valence-corrected chi connectivity index (χ1v) is 8.87. The van der Waals surface area contributed by atoms with E-state index in [-0.39, 0.29) is 5.91 Å². The number of nitrogens with zero attached hydrogens (tertiary/aromatic N) is 2. The lowest BCUT2D eigenvalue weighted by Crippen LogP contribution is -2.33. The van der Waals surface area contributed by atoms with Crippen LogP contribution in [0.1, 0.15) is 27.7 Å². The maximum atomic E-state index is 13.0. The molecule has 4 nitrogen and oxygen atoms in total. The Morgan fingerprint density at radius 3 is 2.62 bits per heavy atom. The van der Waals surface area contributed by atoms with E-state index < -0.39 is 6.17 Å². The summed E-state index contributed by atoms with van der Waals surface area (Å²) in [7, 11) is 0. The fourth-order valence-corrected chi connectivity index (χ4v) is 3.42. The Bertz CT molecular complexity index is 989. The second-order valence-corrected chi connectivity index (χ2v) is 6.89. The molecule has 130 valence electrons. The van der Waals surface area contributed by atoms with Crippen LogP contribution in [0.2, 0.25) is 10.0 Å². The maximum absolute atomic E-state index is 13.0. The van der Waals surface area contributed by atoms with E-state index in [9.17, 15) is 4.79 Å². The molecule has 1 aromatic heterocycles. The molecule has 2 heterocycles. The van der Waals surface area contributed by atoms with Crippen molar-refractivity contribution in [3.8, 4) is 0 Å². The van der Waals surface area contributed by atoms with E-state index in [1.165, 1.54) is 0 Å². The Morgan fingerprint density at radius 2 is 1.85 bits per heavy atom. The summed E-state index contributed by atoms with van der Waals surface area (Å²) in [4.78, 5) is 19.1. The van der Waals surface area contributed by atoms with Crippen molar-refractivity contribution >= 4 is 40.6 Å². The topological polar surface area (TPSA) is 45.2 Å². The van der Waals surface area contributed by atoms with Gasteiger partial charge in [-0.05, 0) is 36.8 Å². The zero-order valence-corrected chi connectivity index (χ0v) is 15.4. The molecule has 2 aromatic carbocycles. The summed E-state index contributed by atoms with van der Waals surface area (Å²) in [5, 5.41) is 4.22. The Kier molecular flexibility index (Phi) is 4.31. The van der Waals surface area contributed by atoms with Gasteiger partial charge in [0.2, 0.25) is 0 Å². The van der Waals surface area contributed by atoms with Crippen molar-refractivity contribution in [3.63, 3.8) is 0 Å². The van der Waals surface area contributed by atoms with Crippen LogP contribution in [0.4, 0.5) is 11.5 Å². The van der Waals surface area contributed by atoms with Crippen LogP contribution in [-0.2, 0) is 0 Å². The highest BCUT2D eigenvalue weighted by Crippen LogP contribution is 2.39. The molecule has 6 heteroatoms. The summed E-state index contributed by atoms with van der Waals surface area (Å²) in [6, 6.07) is 16.7. The fraction of sp³-hybridized carbons (Fsp3) is 0.100. The molecule has 0 fully saturated rings. The van der Waals surface area contributed by atoms with E-state index in [4.69, 9.17) is 23.2 Å². The van der Waals surface area contributed by atoms with Gasteiger partial charge in [0.25, 0.3) is 5.91 Å². The number of halogens is 2. The molecule has 0 bridgehead atoms. The van der Waals surface area contributed by atoms with Crippen molar-refractivity contribution in [3.05, 3.63) is 87.5 Å². The highest BCUT2D eigenvalue weighted by atomic mass is 35.5. The monoisotopic (exact) mass is 383 g/mol. The number of fused-ring (bicyclic) bond motifs is 1. The summed E-state index contributed by atoms with van der Waals surface area (Å²) in [6.45, 7) is 1.96. The number of carbonyl (C=O) groups is 1. The number of anilines is 2. The van der Waals surface area contributed by atoms with Crippen LogP contribution < -0.4 is 10.2 Å². The maximum Gasteiger partial charge on any atom is 0.261 e. The lowest BCUT2D eigenvalue weighted by molar-refractivity contribution is 0.0992. The molecule has 1 atom stereocenters. The Morgan fingerprint density at radius 1 is 1.04 bits per heavy atom. The molecule has 1 aliphatic heterocycles. The molecule has 0 saturated carbocycles. The number of carbonyl (C=O) groups excluding carboxylic acids is 1. The summed E-state index contributed by atoms with van der Waals surface area (Å²) in [5.74, 6) is 0.472. The van der Waals surface area contributed by atoms with Crippen LogP contribution >= 0.6 is 23.2 Å². The molecule has 26 heavy (non-hydrogen) atoms. The lowest BCUT2D eigenvalue weighted by Gasteiger charge is -2.26. The summed E-state index contributed by atoms with van der Waals surface area (Å²) in [5.41, 5.74) is 3.20. The van der Waals surface area contributed by atoms with Gasteiger partial charge in [-0.2, -0.15) is 0 Å². The van der Waals surface area contributed by atoms with Gasteiger partial charge in [-0.3, -0.25) is 9.69 Å². The second kappa shape index (κ2) is 6.63. The molecule has 4 rings (SSSR count). The smallest absolute Gasteiger partial charge is 0.261 e. The SMILES string of the molecule is Cc1ccc(N2C(=O)c3ccccc3C2Nc2cccc(Cl)c2Cl)nc1. The zero-order valence-electron chi connectivity index (χ0n) is 13.9. The molecule has 3 aromatic rings. The first-order valence-electron chi connectivity index (χ1n) is 8.12. The van der Waals surface area contributed by atoms with E-state index in [0.29, 0.717) is 27.1 Å². The third-order valence-corrected chi connectivity index (χ3v) is 5.17. The molecule has 0 radical (unpaired) electrons. The number of pyridine rings is 1. The molecule has 1 N–H and O–H groups in total. The number of amides is 1. The number of rotatable bonds is 3. The minimum absolute atomic E-state index is 0.104. The fourth-order valence-electron chi connectivity index (χ4n) is 3.06. The third-order valence-electron chi connectivity index (χ3n) is 4.35. The van der Waals surface area contributed by atoms with Crippen LogP contribution in [0.3, 0.4) is 0 Å². The van der Waals surface area contributed by atoms with Gasteiger partial charge in [0.1, 0.15) is 12.0 Å². The predicted molar refractivity (Wildman–Crippen MR) is 105 cm³/mol. The highest BCUT2D eigenvalue weighted by Gasteiger charge is 2.38. The largest absolute Gasteiger partial charge is 0.360 e. The van der Waals surface area contributed by atoms with Crippen LogP contribution in [0.5, 0.6) is 0 Å². The number of hydrogen-bond donors (Lipinski definition) is 1. The van der Waals surface area contributed by atoms with E-state index >= 15 is 0 Å². The van der Waals surface area contributed by atoms with Crippen LogP contribution in [0, 0.1) is 6.92 Å². The minimum atomic E-state index is -0.426. The van der Waals surface area contributed by atoms with E-state index in [1.54, 1.807) is 17.2 Å². The van der Waals surface area contributed by atoms with Crippen molar-refractivity contribution < 1.29 is 4.79 Å². The second-order valence-electron chi connectivity index (χ2n) is 6.10. The molecule has 1 amide bonds. The quantitative estimate of drug-likeness (QED) is 0.652. The number of aromatic nitrogens is 1. The van der Waals surface area contributed by atoms with Crippen molar-refractivity contribution in [1.82, 2.24) is 4.98 Å². The predicted octanol–water partition coefficient (Wildman–Crippen LogP) is 5.47. The van der Waals surface area contributed by atoms with E-state index in [1.807, 2.05) is 55.5 Å². The molecule has 1 aliphatic rings. The van der Waals surface area contributed by atoms with Gasteiger partial charge in [0.05, 0.1) is 15.7 Å².